The minimum atomic E-state index is -0.372. The van der Waals surface area contributed by atoms with E-state index in [0.717, 1.165) is 277 Å². The van der Waals surface area contributed by atoms with Crippen LogP contribution < -0.4 is 15.7 Å². The minimum Gasteiger partial charge on any atom is -0.465 e. The van der Waals surface area contributed by atoms with E-state index >= 15 is 0 Å². The van der Waals surface area contributed by atoms with Crippen LogP contribution in [0.3, 0.4) is 0 Å². The number of fused-ring (bicyclic) bond motifs is 1. The molecule has 714 valence electrons. The summed E-state index contributed by atoms with van der Waals surface area (Å²) in [6.07, 6.45) is 61.3. The third-order valence-corrected chi connectivity index (χ3v) is 25.4. The molecule has 1 aromatic carbocycles. The zero-order chi connectivity index (χ0) is 89.2. The standard InChI is InChI=1S/C103H185N9O12/c1-9-16-23-29-32-45-64-90(61-42-26-19-12-4)99(115)121-82-53-38-35-49-69-108(70-50-36-39-54-83-122-100(116)91(62-43-27-20-13-5)65-46-33-30-24-17-10-2)73-57-74-109(71-51-37-40-55-84-123-101(117)92(63-44-28-21-14-6)66-47-34-31-25-18-11-3)72-52-41-48-68-94(113)104-96-95-97(107-102(106-96)124-81-22-15-7)112(103(118)105-95)78-59-77-111(76-58-75-110-79-85-120-86-80-110)88-89-60-56-67-93(87-89)98(114)119-8/h56,60,67,87,90-92H,9-55,57-59,61-66,68-86,88H2,1-8H3,(H,105,118)(H,104,106,107,113). The molecule has 3 unspecified atom stereocenters. The molecule has 3 atom stereocenters. The van der Waals surface area contributed by atoms with Crippen molar-refractivity contribution in [2.75, 3.05) is 124 Å². The Morgan fingerprint density at radius 3 is 1.24 bits per heavy atom. The fraction of sp³-hybridized carbons (Fsp3) is 0.845. The Bertz CT molecular complexity index is 3100. The third-order valence-electron chi connectivity index (χ3n) is 25.4. The van der Waals surface area contributed by atoms with E-state index in [9.17, 15) is 28.8 Å². The second-order valence-corrected chi connectivity index (χ2v) is 36.4. The Labute approximate surface area is 755 Å². The van der Waals surface area contributed by atoms with E-state index < -0.39 is 0 Å². The van der Waals surface area contributed by atoms with Crippen molar-refractivity contribution in [3.63, 3.8) is 0 Å². The van der Waals surface area contributed by atoms with Crippen LogP contribution in [0.4, 0.5) is 5.82 Å². The number of aromatic amines is 1. The van der Waals surface area contributed by atoms with Crippen LogP contribution in [0.5, 0.6) is 6.01 Å². The van der Waals surface area contributed by atoms with Crippen LogP contribution in [0.15, 0.2) is 29.1 Å². The van der Waals surface area contributed by atoms with Crippen LogP contribution in [0.1, 0.15) is 430 Å². The van der Waals surface area contributed by atoms with E-state index in [4.69, 9.17) is 38.4 Å². The topological polar surface area (TPSA) is 229 Å². The minimum absolute atomic E-state index is 0.0108. The van der Waals surface area contributed by atoms with Crippen molar-refractivity contribution in [1.82, 2.24) is 39.1 Å². The molecule has 1 aliphatic rings. The van der Waals surface area contributed by atoms with Crippen molar-refractivity contribution in [2.24, 2.45) is 17.8 Å². The first-order chi connectivity index (χ1) is 60.8. The summed E-state index contributed by atoms with van der Waals surface area (Å²) in [6, 6.07) is 7.70. The van der Waals surface area contributed by atoms with Gasteiger partial charge in [-0.2, -0.15) is 9.97 Å². The highest BCUT2D eigenvalue weighted by atomic mass is 16.5. The van der Waals surface area contributed by atoms with Gasteiger partial charge in [0, 0.05) is 39.1 Å². The van der Waals surface area contributed by atoms with Gasteiger partial charge in [0.25, 0.3) is 0 Å². The summed E-state index contributed by atoms with van der Waals surface area (Å²) < 4.78 is 36.5. The summed E-state index contributed by atoms with van der Waals surface area (Å²) in [5.74, 6) is -0.194. The van der Waals surface area contributed by atoms with Gasteiger partial charge >= 0.3 is 35.6 Å². The van der Waals surface area contributed by atoms with E-state index in [1.54, 1.807) is 10.6 Å². The lowest BCUT2D eigenvalue weighted by atomic mass is 9.94. The fourth-order valence-corrected chi connectivity index (χ4v) is 17.4. The number of hydrogen-bond donors (Lipinski definition) is 2. The lowest BCUT2D eigenvalue weighted by Crippen LogP contribution is -2.38. The molecule has 1 fully saturated rings. The van der Waals surface area contributed by atoms with Gasteiger partial charge in [-0.3, -0.25) is 33.5 Å². The number of esters is 4. The van der Waals surface area contributed by atoms with Crippen LogP contribution in [0.2, 0.25) is 0 Å². The first-order valence-electron chi connectivity index (χ1n) is 51.9. The number of nitrogens with one attached hydrogen (secondary N) is 2. The van der Waals surface area contributed by atoms with Gasteiger partial charge in [-0.15, -0.1) is 0 Å². The molecule has 124 heavy (non-hydrogen) atoms. The number of H-pyrrole nitrogens is 1. The number of nitrogens with zero attached hydrogens (tertiary/aromatic N) is 7. The SMILES string of the molecule is CCCCCCCCC(CCCCCC)C(=O)OCCCCCCN(CCCCCCOC(=O)C(CCCCCC)CCCCCCCC)CCCN(CCCCCCOC(=O)C(CCCCCC)CCCCCCCC)CCCCCC(=O)Nc1nc(OCCCC)nc2c1[nH]c(=O)n2CCCN(CCCN1CCOCC1)Cc1cccc(C(=O)OC)c1. The van der Waals surface area contributed by atoms with Crippen LogP contribution in [-0.2, 0) is 56.0 Å². The number of unbranched alkanes of at least 4 members (excludes halogenated alkanes) is 36. The van der Waals surface area contributed by atoms with Gasteiger partial charge in [-0.05, 0) is 186 Å². The predicted octanol–water partition coefficient (Wildman–Crippen LogP) is 24.5. The number of rotatable bonds is 86. The summed E-state index contributed by atoms with van der Waals surface area (Å²) in [4.78, 5) is 104. The van der Waals surface area contributed by atoms with Gasteiger partial charge in [-0.1, -0.05) is 305 Å². The summed E-state index contributed by atoms with van der Waals surface area (Å²) in [6.45, 7) is 30.2. The molecule has 1 saturated heterocycles. The Morgan fingerprint density at radius 2 is 0.806 bits per heavy atom. The maximum atomic E-state index is 14.1. The second kappa shape index (κ2) is 76.4. The van der Waals surface area contributed by atoms with E-state index in [1.165, 1.54) is 161 Å². The molecule has 0 bridgehead atoms. The van der Waals surface area contributed by atoms with Crippen molar-refractivity contribution >= 4 is 46.8 Å². The number of hydrogen-bond acceptors (Lipinski definition) is 18. The van der Waals surface area contributed by atoms with Crippen molar-refractivity contribution in [3.05, 3.63) is 45.9 Å². The average Bonchev–Trinajstić information content (AvgIpc) is 1.70. The number of imidazole rings is 1. The highest BCUT2D eigenvalue weighted by Crippen LogP contribution is 2.27. The highest BCUT2D eigenvalue weighted by molar-refractivity contribution is 5.97. The molecule has 4 rings (SSSR count). The monoisotopic (exact) mass is 1740 g/mol. The van der Waals surface area contributed by atoms with Crippen LogP contribution in [-0.4, -0.2) is 188 Å². The van der Waals surface area contributed by atoms with Crippen molar-refractivity contribution in [3.8, 4) is 6.01 Å². The van der Waals surface area contributed by atoms with Crippen molar-refractivity contribution in [1.29, 1.82) is 0 Å². The Morgan fingerprint density at radius 1 is 0.427 bits per heavy atom. The van der Waals surface area contributed by atoms with E-state index in [2.05, 4.69) is 78.4 Å². The smallest absolute Gasteiger partial charge is 0.337 e. The maximum Gasteiger partial charge on any atom is 0.337 e. The molecule has 2 N–H and O–H groups in total. The molecular formula is C103H185N9O12. The summed E-state index contributed by atoms with van der Waals surface area (Å²) >= 11 is 0. The van der Waals surface area contributed by atoms with Crippen molar-refractivity contribution in [2.45, 2.75) is 428 Å². The molecule has 21 nitrogen and oxygen atoms in total. The number of benzene rings is 1. The van der Waals surface area contributed by atoms with E-state index in [1.807, 2.05) is 18.2 Å². The van der Waals surface area contributed by atoms with Gasteiger partial charge < -0.3 is 48.5 Å². The predicted molar refractivity (Wildman–Crippen MR) is 512 cm³/mol. The molecule has 1 amide bonds. The molecule has 0 aliphatic carbocycles. The van der Waals surface area contributed by atoms with Crippen molar-refractivity contribution < 1.29 is 52.4 Å². The second-order valence-electron chi connectivity index (χ2n) is 36.4. The van der Waals surface area contributed by atoms with Gasteiger partial charge in [-0.25, -0.2) is 9.59 Å². The summed E-state index contributed by atoms with van der Waals surface area (Å²) in [7, 11) is 1.40. The molecule has 0 radical (unpaired) electrons. The van der Waals surface area contributed by atoms with Gasteiger partial charge in [0.1, 0.15) is 5.52 Å². The Balaban J connectivity index is 1.45. The summed E-state index contributed by atoms with van der Waals surface area (Å²) in [5, 5.41) is 3.07. The number of morpholine rings is 1. The Kier molecular flexibility index (Phi) is 68.3. The number of ether oxygens (including phenoxy) is 6. The highest BCUT2D eigenvalue weighted by Gasteiger charge is 2.25. The number of aromatic nitrogens is 4. The molecule has 3 aromatic rings. The van der Waals surface area contributed by atoms with Crippen LogP contribution in [0, 0.1) is 17.8 Å². The molecule has 21 heteroatoms. The summed E-state index contributed by atoms with van der Waals surface area (Å²) in [5.41, 5.74) is 1.93. The Hall–Kier alpha value is -5.48. The zero-order valence-corrected chi connectivity index (χ0v) is 80.8. The van der Waals surface area contributed by atoms with Crippen LogP contribution in [0.25, 0.3) is 11.2 Å². The number of amides is 1. The molecule has 1 aliphatic heterocycles. The molecule has 3 heterocycles. The van der Waals surface area contributed by atoms with Crippen LogP contribution >= 0.6 is 0 Å². The molecule has 2 aromatic heterocycles. The van der Waals surface area contributed by atoms with E-state index in [-0.39, 0.29) is 65.1 Å². The molecular weight excluding hydrogens is 1560 g/mol. The molecule has 0 saturated carbocycles. The van der Waals surface area contributed by atoms with E-state index in [0.29, 0.717) is 82.1 Å². The largest absolute Gasteiger partial charge is 0.465 e. The maximum absolute atomic E-state index is 14.1. The first-order valence-corrected chi connectivity index (χ1v) is 51.9. The number of carbonyl (C=O) groups excluding carboxylic acids is 5. The van der Waals surface area contributed by atoms with Gasteiger partial charge in [0.05, 0.1) is 70.1 Å². The van der Waals surface area contributed by atoms with Gasteiger partial charge in [0.15, 0.2) is 11.5 Å². The first kappa shape index (κ1) is 111. The number of anilines is 1. The average molecular weight is 1740 g/mol. The number of methoxy groups -OCH3 is 1. The van der Waals surface area contributed by atoms with Gasteiger partial charge in [0.2, 0.25) is 5.91 Å². The number of aryl methyl sites for hydroxylation is 1. The lowest BCUT2D eigenvalue weighted by Gasteiger charge is -2.28. The normalized spacial score (nSPS) is 13.3. The lowest BCUT2D eigenvalue weighted by molar-refractivity contribution is -0.150. The fourth-order valence-electron chi connectivity index (χ4n) is 17.4. The quantitative estimate of drug-likeness (QED) is 0.0304. The zero-order valence-electron chi connectivity index (χ0n) is 80.8. The third kappa shape index (κ3) is 54.1. The molecule has 0 spiro atoms. The number of carbonyl (C=O) groups is 5.